The molecule has 1 rings (SSSR count). The van der Waals surface area contributed by atoms with Gasteiger partial charge in [-0.15, -0.1) is 0 Å². The van der Waals surface area contributed by atoms with Crippen LogP contribution in [0.15, 0.2) is 29.8 Å². The highest BCUT2D eigenvalue weighted by molar-refractivity contribution is 6.34. The number of ether oxygens (including phenoxy) is 1. The summed E-state index contributed by atoms with van der Waals surface area (Å²) in [5.74, 6) is 0.632. The molecule has 0 bridgehead atoms. The summed E-state index contributed by atoms with van der Waals surface area (Å²) < 4.78 is 5.27. The SMILES string of the molecule is Cl/C=C/COc1cc(Cl)cc(Cl)c1. The van der Waals surface area contributed by atoms with Crippen molar-refractivity contribution in [2.75, 3.05) is 6.61 Å². The van der Waals surface area contributed by atoms with E-state index in [1.54, 1.807) is 24.3 Å². The van der Waals surface area contributed by atoms with Crippen molar-refractivity contribution in [2.24, 2.45) is 0 Å². The third-order valence-corrected chi connectivity index (χ3v) is 1.89. The van der Waals surface area contributed by atoms with Gasteiger partial charge in [0, 0.05) is 15.6 Å². The first-order chi connectivity index (χ1) is 6.22. The van der Waals surface area contributed by atoms with Gasteiger partial charge in [0.15, 0.2) is 0 Å². The van der Waals surface area contributed by atoms with Gasteiger partial charge in [0.2, 0.25) is 0 Å². The molecule has 0 atom stereocenters. The molecule has 0 amide bonds. The molecule has 13 heavy (non-hydrogen) atoms. The molecular formula is C9H7Cl3O. The van der Waals surface area contributed by atoms with E-state index in [1.807, 2.05) is 0 Å². The van der Waals surface area contributed by atoms with Crippen LogP contribution in [0.5, 0.6) is 5.75 Å². The second kappa shape index (κ2) is 5.38. The van der Waals surface area contributed by atoms with Crippen molar-refractivity contribution >= 4 is 34.8 Å². The molecule has 0 saturated carbocycles. The summed E-state index contributed by atoms with van der Waals surface area (Å²) in [7, 11) is 0. The molecule has 0 aliphatic carbocycles. The first-order valence-corrected chi connectivity index (χ1v) is 4.75. The summed E-state index contributed by atoms with van der Waals surface area (Å²) in [6.07, 6.45) is 1.68. The summed E-state index contributed by atoms with van der Waals surface area (Å²) in [5.41, 5.74) is 1.39. The molecule has 1 aromatic carbocycles. The zero-order chi connectivity index (χ0) is 9.68. The van der Waals surface area contributed by atoms with Gasteiger partial charge in [-0.1, -0.05) is 34.8 Å². The first-order valence-electron chi connectivity index (χ1n) is 3.56. The highest BCUT2D eigenvalue weighted by Gasteiger charge is 1.97. The van der Waals surface area contributed by atoms with Crippen molar-refractivity contribution in [2.45, 2.75) is 0 Å². The molecule has 0 aliphatic rings. The lowest BCUT2D eigenvalue weighted by molar-refractivity contribution is 0.363. The van der Waals surface area contributed by atoms with Crippen LogP contribution in [0.4, 0.5) is 0 Å². The van der Waals surface area contributed by atoms with Gasteiger partial charge in [-0.05, 0) is 24.3 Å². The average Bonchev–Trinajstić information content (AvgIpc) is 2.03. The van der Waals surface area contributed by atoms with Crippen LogP contribution in [-0.4, -0.2) is 6.61 Å². The van der Waals surface area contributed by atoms with Crippen LogP contribution in [-0.2, 0) is 0 Å². The molecule has 0 N–H and O–H groups in total. The highest BCUT2D eigenvalue weighted by Crippen LogP contribution is 2.23. The van der Waals surface area contributed by atoms with E-state index in [-0.39, 0.29) is 0 Å². The smallest absolute Gasteiger partial charge is 0.122 e. The van der Waals surface area contributed by atoms with Gasteiger partial charge in [0.1, 0.15) is 12.4 Å². The molecule has 1 aromatic rings. The van der Waals surface area contributed by atoms with Crippen molar-refractivity contribution in [1.82, 2.24) is 0 Å². The van der Waals surface area contributed by atoms with Crippen molar-refractivity contribution in [3.05, 3.63) is 39.9 Å². The average molecular weight is 238 g/mol. The van der Waals surface area contributed by atoms with Crippen molar-refractivity contribution in [1.29, 1.82) is 0 Å². The largest absolute Gasteiger partial charge is 0.489 e. The van der Waals surface area contributed by atoms with Crippen LogP contribution >= 0.6 is 34.8 Å². The summed E-state index contributed by atoms with van der Waals surface area (Å²) >= 11 is 16.8. The van der Waals surface area contributed by atoms with E-state index in [4.69, 9.17) is 39.5 Å². The zero-order valence-corrected chi connectivity index (χ0v) is 8.90. The highest BCUT2D eigenvalue weighted by atomic mass is 35.5. The molecule has 1 nitrogen and oxygen atoms in total. The van der Waals surface area contributed by atoms with Gasteiger partial charge in [-0.25, -0.2) is 0 Å². The standard InChI is InChI=1S/C9H7Cl3O/c10-2-1-3-13-9-5-7(11)4-8(12)6-9/h1-2,4-6H,3H2/b2-1+. The van der Waals surface area contributed by atoms with Gasteiger partial charge in [0.25, 0.3) is 0 Å². The maximum absolute atomic E-state index is 5.75. The lowest BCUT2D eigenvalue weighted by Crippen LogP contribution is -1.92. The topological polar surface area (TPSA) is 9.23 Å². The number of hydrogen-bond acceptors (Lipinski definition) is 1. The fourth-order valence-electron chi connectivity index (χ4n) is 0.793. The molecule has 0 fully saturated rings. The predicted molar refractivity (Wildman–Crippen MR) is 57.0 cm³/mol. The van der Waals surface area contributed by atoms with Crippen molar-refractivity contribution < 1.29 is 4.74 Å². The molecule has 0 unspecified atom stereocenters. The predicted octanol–water partition coefficient (Wildman–Crippen LogP) is 4.12. The van der Waals surface area contributed by atoms with Gasteiger partial charge >= 0.3 is 0 Å². The summed E-state index contributed by atoms with van der Waals surface area (Å²) in [4.78, 5) is 0. The molecule has 4 heteroatoms. The zero-order valence-electron chi connectivity index (χ0n) is 6.64. The number of hydrogen-bond donors (Lipinski definition) is 0. The third-order valence-electron chi connectivity index (χ3n) is 1.27. The number of halogens is 3. The van der Waals surface area contributed by atoms with E-state index in [2.05, 4.69) is 0 Å². The molecule has 0 spiro atoms. The Labute approximate surface area is 91.9 Å². The van der Waals surface area contributed by atoms with Gasteiger partial charge in [-0.3, -0.25) is 0 Å². The third kappa shape index (κ3) is 3.90. The summed E-state index contributed by atoms with van der Waals surface area (Å²) in [5, 5.41) is 1.11. The Morgan fingerprint density at radius 2 is 1.77 bits per heavy atom. The Bertz CT molecular complexity index is 289. The quantitative estimate of drug-likeness (QED) is 0.768. The Kier molecular flexibility index (Phi) is 4.43. The maximum Gasteiger partial charge on any atom is 0.122 e. The number of benzene rings is 1. The molecule has 0 radical (unpaired) electrons. The van der Waals surface area contributed by atoms with Crippen LogP contribution in [0.25, 0.3) is 0 Å². The lowest BCUT2D eigenvalue weighted by atomic mass is 10.3. The molecule has 0 aromatic heterocycles. The fraction of sp³-hybridized carbons (Fsp3) is 0.111. The normalized spacial score (nSPS) is 10.7. The van der Waals surface area contributed by atoms with Crippen LogP contribution in [0.1, 0.15) is 0 Å². The second-order valence-corrected chi connectivity index (χ2v) is 3.40. The van der Waals surface area contributed by atoms with Crippen LogP contribution in [0, 0.1) is 0 Å². The molecule has 0 heterocycles. The van der Waals surface area contributed by atoms with Crippen molar-refractivity contribution in [3.8, 4) is 5.75 Å². The minimum Gasteiger partial charge on any atom is -0.489 e. The van der Waals surface area contributed by atoms with E-state index in [1.165, 1.54) is 5.54 Å². The summed E-state index contributed by atoms with van der Waals surface area (Å²) in [6, 6.07) is 5.03. The van der Waals surface area contributed by atoms with Gasteiger partial charge < -0.3 is 4.74 Å². The van der Waals surface area contributed by atoms with E-state index in [9.17, 15) is 0 Å². The minimum atomic E-state index is 0.403. The molecular weight excluding hydrogens is 230 g/mol. The van der Waals surface area contributed by atoms with Gasteiger partial charge in [0.05, 0.1) is 0 Å². The van der Waals surface area contributed by atoms with E-state index in [0.29, 0.717) is 22.4 Å². The second-order valence-electron chi connectivity index (χ2n) is 2.28. The van der Waals surface area contributed by atoms with E-state index < -0.39 is 0 Å². The Morgan fingerprint density at radius 3 is 2.31 bits per heavy atom. The Balaban J connectivity index is 2.66. The molecule has 70 valence electrons. The monoisotopic (exact) mass is 236 g/mol. The fourth-order valence-corrected chi connectivity index (χ4v) is 1.37. The Hall–Kier alpha value is -0.370. The minimum absolute atomic E-state index is 0.403. The van der Waals surface area contributed by atoms with Crippen LogP contribution < -0.4 is 4.74 Å². The van der Waals surface area contributed by atoms with Crippen molar-refractivity contribution in [3.63, 3.8) is 0 Å². The molecule has 0 saturated heterocycles. The van der Waals surface area contributed by atoms with Crippen LogP contribution in [0.2, 0.25) is 10.0 Å². The Morgan fingerprint density at radius 1 is 1.15 bits per heavy atom. The molecule has 0 aliphatic heterocycles. The first kappa shape index (κ1) is 10.7. The van der Waals surface area contributed by atoms with E-state index >= 15 is 0 Å². The van der Waals surface area contributed by atoms with E-state index in [0.717, 1.165) is 0 Å². The number of rotatable bonds is 3. The van der Waals surface area contributed by atoms with Crippen LogP contribution in [0.3, 0.4) is 0 Å². The maximum atomic E-state index is 5.75. The lowest BCUT2D eigenvalue weighted by Gasteiger charge is -2.03. The van der Waals surface area contributed by atoms with Gasteiger partial charge in [-0.2, -0.15) is 0 Å². The summed E-state index contributed by atoms with van der Waals surface area (Å²) in [6.45, 7) is 0.403.